The highest BCUT2D eigenvalue weighted by atomic mass is 32.2. The van der Waals surface area contributed by atoms with Crippen molar-refractivity contribution in [3.8, 4) is 0 Å². The Hall–Kier alpha value is -0.910. The fraction of sp³-hybridized carbons (Fsp3) is 0.800. The Morgan fingerprint density at radius 2 is 2.06 bits per heavy atom. The standard InChI is InChI=1S/C10H20N2O3S/c1-5-10(2,8(13)14)11-9(15)12(3)6-7-16-4/h5-7H2,1-4H3,(H,11,15)(H,13,14). The van der Waals surface area contributed by atoms with Crippen LogP contribution in [-0.4, -0.2) is 53.1 Å². The molecule has 5 nitrogen and oxygen atoms in total. The largest absolute Gasteiger partial charge is 0.480 e. The van der Waals surface area contributed by atoms with Crippen LogP contribution in [0.4, 0.5) is 4.79 Å². The number of carbonyl (C=O) groups is 2. The Balaban J connectivity index is 4.36. The van der Waals surface area contributed by atoms with Crippen LogP contribution in [0, 0.1) is 0 Å². The first-order valence-electron chi connectivity index (χ1n) is 5.13. The van der Waals surface area contributed by atoms with Crippen molar-refractivity contribution in [3.63, 3.8) is 0 Å². The molecule has 16 heavy (non-hydrogen) atoms. The summed E-state index contributed by atoms with van der Waals surface area (Å²) in [5.74, 6) is -0.179. The molecule has 0 fully saturated rings. The second-order valence-electron chi connectivity index (χ2n) is 3.84. The average molecular weight is 248 g/mol. The Labute approximate surface area is 101 Å². The summed E-state index contributed by atoms with van der Waals surface area (Å²) in [4.78, 5) is 24.2. The minimum atomic E-state index is -1.19. The van der Waals surface area contributed by atoms with Gasteiger partial charge < -0.3 is 15.3 Å². The number of hydrogen-bond donors (Lipinski definition) is 2. The summed E-state index contributed by atoms with van der Waals surface area (Å²) in [5.41, 5.74) is -1.19. The third kappa shape index (κ3) is 4.30. The van der Waals surface area contributed by atoms with Crippen molar-refractivity contribution < 1.29 is 14.7 Å². The van der Waals surface area contributed by atoms with Gasteiger partial charge in [-0.15, -0.1) is 0 Å². The Bertz CT molecular complexity index is 260. The maximum absolute atomic E-state index is 11.7. The van der Waals surface area contributed by atoms with Gasteiger partial charge in [-0.3, -0.25) is 0 Å². The van der Waals surface area contributed by atoms with Crippen LogP contribution in [0.3, 0.4) is 0 Å². The van der Waals surface area contributed by atoms with E-state index in [9.17, 15) is 9.59 Å². The molecule has 0 rings (SSSR count). The third-order valence-corrected chi connectivity index (χ3v) is 3.13. The molecule has 0 heterocycles. The van der Waals surface area contributed by atoms with Crippen LogP contribution >= 0.6 is 11.8 Å². The lowest BCUT2D eigenvalue weighted by Crippen LogP contribution is -2.55. The third-order valence-electron chi connectivity index (χ3n) is 2.54. The summed E-state index contributed by atoms with van der Waals surface area (Å²) in [6.45, 7) is 3.85. The van der Waals surface area contributed by atoms with Gasteiger partial charge in [0.25, 0.3) is 0 Å². The lowest BCUT2D eigenvalue weighted by molar-refractivity contribution is -0.143. The number of nitrogens with one attached hydrogen (secondary N) is 1. The van der Waals surface area contributed by atoms with Gasteiger partial charge in [-0.05, 0) is 19.6 Å². The van der Waals surface area contributed by atoms with Gasteiger partial charge in [0, 0.05) is 19.3 Å². The van der Waals surface area contributed by atoms with Gasteiger partial charge in [0.05, 0.1) is 0 Å². The van der Waals surface area contributed by atoms with Crippen molar-refractivity contribution in [1.29, 1.82) is 0 Å². The van der Waals surface area contributed by atoms with Crippen LogP contribution < -0.4 is 5.32 Å². The SMILES string of the molecule is CCC(C)(NC(=O)N(C)CCSC)C(=O)O. The maximum atomic E-state index is 11.7. The van der Waals surface area contributed by atoms with Crippen molar-refractivity contribution in [2.75, 3.05) is 25.6 Å². The fourth-order valence-electron chi connectivity index (χ4n) is 0.954. The van der Waals surface area contributed by atoms with Crippen molar-refractivity contribution in [2.24, 2.45) is 0 Å². The van der Waals surface area contributed by atoms with Crippen LogP contribution in [0.5, 0.6) is 0 Å². The number of hydrogen-bond acceptors (Lipinski definition) is 3. The average Bonchev–Trinajstić information content (AvgIpc) is 2.25. The minimum absolute atomic E-state index is 0.346. The van der Waals surface area contributed by atoms with Gasteiger partial charge >= 0.3 is 12.0 Å². The van der Waals surface area contributed by atoms with E-state index in [1.54, 1.807) is 25.7 Å². The van der Waals surface area contributed by atoms with E-state index in [0.717, 1.165) is 5.75 Å². The molecular weight excluding hydrogens is 228 g/mol. The zero-order valence-electron chi connectivity index (χ0n) is 10.2. The van der Waals surface area contributed by atoms with E-state index in [1.807, 2.05) is 6.26 Å². The lowest BCUT2D eigenvalue weighted by atomic mass is 10.00. The molecule has 0 aliphatic rings. The van der Waals surface area contributed by atoms with E-state index in [2.05, 4.69) is 5.32 Å². The highest BCUT2D eigenvalue weighted by molar-refractivity contribution is 7.98. The van der Waals surface area contributed by atoms with Crippen LogP contribution in [0.1, 0.15) is 20.3 Å². The number of aliphatic carboxylic acids is 1. The van der Waals surface area contributed by atoms with Crippen LogP contribution in [0.25, 0.3) is 0 Å². The number of nitrogens with zero attached hydrogens (tertiary/aromatic N) is 1. The summed E-state index contributed by atoms with van der Waals surface area (Å²) >= 11 is 1.64. The van der Waals surface area contributed by atoms with E-state index >= 15 is 0 Å². The predicted octanol–water partition coefficient (Wildman–Crippen LogP) is 1.24. The topological polar surface area (TPSA) is 69.6 Å². The Kier molecular flexibility index (Phi) is 6.25. The van der Waals surface area contributed by atoms with Gasteiger partial charge in [-0.25, -0.2) is 9.59 Å². The zero-order valence-corrected chi connectivity index (χ0v) is 11.1. The molecule has 0 aromatic rings. The molecule has 0 aliphatic heterocycles. The van der Waals surface area contributed by atoms with Crippen LogP contribution in [0.2, 0.25) is 0 Å². The maximum Gasteiger partial charge on any atom is 0.329 e. The minimum Gasteiger partial charge on any atom is -0.480 e. The molecule has 0 aliphatic carbocycles. The van der Waals surface area contributed by atoms with Gasteiger partial charge in [-0.2, -0.15) is 11.8 Å². The normalized spacial score (nSPS) is 14.0. The fourth-order valence-corrected chi connectivity index (χ4v) is 1.41. The molecule has 0 saturated heterocycles. The number of urea groups is 1. The Morgan fingerprint density at radius 1 is 1.50 bits per heavy atom. The van der Waals surface area contributed by atoms with E-state index < -0.39 is 11.5 Å². The quantitative estimate of drug-likeness (QED) is 0.742. The number of carbonyl (C=O) groups excluding carboxylic acids is 1. The van der Waals surface area contributed by atoms with Gasteiger partial charge in [0.2, 0.25) is 0 Å². The molecule has 2 N–H and O–H groups in total. The number of carboxylic acid groups (broad SMARTS) is 1. The van der Waals surface area contributed by atoms with Gasteiger partial charge in [-0.1, -0.05) is 6.92 Å². The number of rotatable bonds is 6. The number of amides is 2. The first-order valence-corrected chi connectivity index (χ1v) is 6.52. The molecule has 94 valence electrons. The van der Waals surface area contributed by atoms with Crippen molar-refractivity contribution in [2.45, 2.75) is 25.8 Å². The second kappa shape index (κ2) is 6.62. The molecule has 1 unspecified atom stereocenters. The predicted molar refractivity (Wildman–Crippen MR) is 65.9 cm³/mol. The van der Waals surface area contributed by atoms with Crippen LogP contribution in [-0.2, 0) is 4.79 Å². The lowest BCUT2D eigenvalue weighted by Gasteiger charge is -2.27. The first-order chi connectivity index (χ1) is 7.37. The molecule has 0 aromatic heterocycles. The van der Waals surface area contributed by atoms with E-state index in [4.69, 9.17) is 5.11 Å². The van der Waals surface area contributed by atoms with Crippen molar-refractivity contribution in [3.05, 3.63) is 0 Å². The molecule has 0 saturated carbocycles. The molecule has 0 spiro atoms. The Morgan fingerprint density at radius 3 is 2.44 bits per heavy atom. The van der Waals surface area contributed by atoms with Gasteiger partial charge in [0.1, 0.15) is 5.54 Å². The van der Waals surface area contributed by atoms with Crippen molar-refractivity contribution >= 4 is 23.8 Å². The summed E-state index contributed by atoms with van der Waals surface area (Å²) in [7, 11) is 1.66. The highest BCUT2D eigenvalue weighted by Crippen LogP contribution is 2.09. The molecule has 0 bridgehead atoms. The monoisotopic (exact) mass is 248 g/mol. The van der Waals surface area contributed by atoms with Gasteiger partial charge in [0.15, 0.2) is 0 Å². The highest BCUT2D eigenvalue weighted by Gasteiger charge is 2.33. The molecule has 1 atom stereocenters. The second-order valence-corrected chi connectivity index (χ2v) is 4.82. The first kappa shape index (κ1) is 15.1. The molecule has 6 heteroatoms. The molecule has 2 amide bonds. The summed E-state index contributed by atoms with van der Waals surface area (Å²) in [5, 5.41) is 11.5. The summed E-state index contributed by atoms with van der Waals surface area (Å²) in [6.07, 6.45) is 2.31. The van der Waals surface area contributed by atoms with E-state index in [1.165, 1.54) is 11.8 Å². The zero-order chi connectivity index (χ0) is 12.8. The molecule has 0 aromatic carbocycles. The van der Waals surface area contributed by atoms with Crippen LogP contribution in [0.15, 0.2) is 0 Å². The summed E-state index contributed by atoms with van der Waals surface area (Å²) < 4.78 is 0. The number of thioether (sulfide) groups is 1. The number of carboxylic acids is 1. The molecule has 0 radical (unpaired) electrons. The smallest absolute Gasteiger partial charge is 0.329 e. The summed E-state index contributed by atoms with van der Waals surface area (Å²) in [6, 6.07) is -0.346. The van der Waals surface area contributed by atoms with E-state index in [-0.39, 0.29) is 6.03 Å². The molecular formula is C10H20N2O3S. The van der Waals surface area contributed by atoms with E-state index in [0.29, 0.717) is 13.0 Å². The van der Waals surface area contributed by atoms with Crippen molar-refractivity contribution in [1.82, 2.24) is 10.2 Å².